The summed E-state index contributed by atoms with van der Waals surface area (Å²) in [5.41, 5.74) is 2.46. The Morgan fingerprint density at radius 2 is 2.15 bits per heavy atom. The molecule has 2 fully saturated rings. The van der Waals surface area contributed by atoms with Crippen LogP contribution in [0.4, 0.5) is 5.13 Å². The van der Waals surface area contributed by atoms with E-state index >= 15 is 0 Å². The molecule has 4 rings (SSSR count). The Balaban J connectivity index is 1.36. The number of benzene rings is 1. The summed E-state index contributed by atoms with van der Waals surface area (Å²) in [7, 11) is 0. The van der Waals surface area contributed by atoms with E-state index in [1.807, 2.05) is 6.92 Å². The lowest BCUT2D eigenvalue weighted by molar-refractivity contribution is -0.135. The van der Waals surface area contributed by atoms with Crippen LogP contribution in [-0.4, -0.2) is 43.6 Å². The van der Waals surface area contributed by atoms with Gasteiger partial charge < -0.3 is 4.90 Å². The van der Waals surface area contributed by atoms with Gasteiger partial charge in [-0.25, -0.2) is 0 Å². The molecule has 0 saturated carbocycles. The fourth-order valence-corrected chi connectivity index (χ4v) is 6.49. The lowest BCUT2D eigenvalue weighted by Gasteiger charge is -2.29. The number of hydrogen-bond acceptors (Lipinski definition) is 7. The summed E-state index contributed by atoms with van der Waals surface area (Å²) in [6, 6.07) is 7.97. The van der Waals surface area contributed by atoms with Crippen molar-refractivity contribution in [3.05, 3.63) is 35.4 Å². The van der Waals surface area contributed by atoms with Crippen molar-refractivity contribution in [3.8, 4) is 0 Å². The van der Waals surface area contributed by atoms with Crippen LogP contribution in [0.3, 0.4) is 0 Å². The van der Waals surface area contributed by atoms with Gasteiger partial charge in [0.05, 0.1) is 4.87 Å². The predicted molar refractivity (Wildman–Crippen MR) is 110 cm³/mol. The van der Waals surface area contributed by atoms with Crippen LogP contribution in [0, 0.1) is 6.92 Å². The van der Waals surface area contributed by atoms with Gasteiger partial charge in [0.15, 0.2) is 4.34 Å². The minimum atomic E-state index is -0.428. The van der Waals surface area contributed by atoms with Gasteiger partial charge in [-0.15, -0.1) is 22.0 Å². The molecule has 1 aromatic heterocycles. The highest BCUT2D eigenvalue weighted by molar-refractivity contribution is 8.01. The molecule has 2 aromatic rings. The van der Waals surface area contributed by atoms with Crippen molar-refractivity contribution in [1.82, 2.24) is 15.1 Å². The number of rotatable bonds is 5. The van der Waals surface area contributed by atoms with E-state index in [2.05, 4.69) is 46.7 Å². The number of nitrogens with zero attached hydrogens (tertiary/aromatic N) is 3. The molecule has 0 radical (unpaired) electrons. The number of amides is 2. The normalized spacial score (nSPS) is 24.3. The van der Waals surface area contributed by atoms with E-state index in [0.29, 0.717) is 17.3 Å². The predicted octanol–water partition coefficient (Wildman–Crippen LogP) is 3.53. The molecule has 1 aromatic carbocycles. The molecule has 9 heteroatoms. The summed E-state index contributed by atoms with van der Waals surface area (Å²) in [5.74, 6) is 1.33. The molecule has 2 atom stereocenters. The van der Waals surface area contributed by atoms with Gasteiger partial charge in [-0.3, -0.25) is 14.9 Å². The monoisotopic (exact) mass is 420 g/mol. The van der Waals surface area contributed by atoms with Crippen molar-refractivity contribution in [3.63, 3.8) is 0 Å². The molecular formula is C18H20N4O2S3. The molecule has 0 aliphatic carbocycles. The van der Waals surface area contributed by atoms with Gasteiger partial charge in [0, 0.05) is 17.9 Å². The largest absolute Gasteiger partial charge is 0.315 e. The molecule has 2 unspecified atom stereocenters. The van der Waals surface area contributed by atoms with Crippen LogP contribution in [-0.2, 0) is 15.3 Å². The first-order valence-electron chi connectivity index (χ1n) is 8.73. The summed E-state index contributed by atoms with van der Waals surface area (Å²) in [4.78, 5) is 26.4. The highest BCUT2D eigenvalue weighted by Crippen LogP contribution is 2.47. The van der Waals surface area contributed by atoms with E-state index < -0.39 is 6.04 Å². The number of nitrogens with one attached hydrogen (secondary N) is 1. The van der Waals surface area contributed by atoms with Crippen LogP contribution in [0.2, 0.25) is 0 Å². The van der Waals surface area contributed by atoms with Gasteiger partial charge in [0.2, 0.25) is 16.9 Å². The molecule has 2 aliphatic heterocycles. The topological polar surface area (TPSA) is 75.2 Å². The number of fused-ring (bicyclic) bond motifs is 1. The first kappa shape index (κ1) is 18.8. The van der Waals surface area contributed by atoms with Crippen molar-refractivity contribution < 1.29 is 9.59 Å². The van der Waals surface area contributed by atoms with E-state index in [0.717, 1.165) is 16.5 Å². The second-order valence-corrected chi connectivity index (χ2v) is 10.6. The fraction of sp³-hybridized carbons (Fsp3) is 0.444. The first-order chi connectivity index (χ1) is 12.9. The number of carbonyl (C=O) groups excluding carboxylic acids is 2. The second-order valence-electron chi connectivity index (χ2n) is 6.90. The van der Waals surface area contributed by atoms with E-state index in [9.17, 15) is 9.59 Å². The lowest BCUT2D eigenvalue weighted by Crippen LogP contribution is -2.48. The van der Waals surface area contributed by atoms with Crippen LogP contribution >= 0.6 is 34.9 Å². The van der Waals surface area contributed by atoms with Gasteiger partial charge in [0.1, 0.15) is 6.04 Å². The third-order valence-electron chi connectivity index (χ3n) is 4.87. The number of thioether (sulfide) groups is 2. The Bertz CT molecular complexity index is 870. The third kappa shape index (κ3) is 3.86. The molecule has 27 heavy (non-hydrogen) atoms. The molecule has 0 bridgehead atoms. The Hall–Kier alpha value is -1.58. The molecule has 142 valence electrons. The summed E-state index contributed by atoms with van der Waals surface area (Å²) in [5, 5.41) is 11.6. The standard InChI is InChI=1S/C18H20N4O2S3/c1-11-3-5-12(6-4-11)9-25-17-21-20-16(27-17)19-15(24)13-10-26-18(2)8-7-14(23)22(13)18/h3-6,13H,7-10H2,1-2H3,(H,19,20,24). The fourth-order valence-electron chi connectivity index (χ4n) is 3.35. The summed E-state index contributed by atoms with van der Waals surface area (Å²) in [6.07, 6.45) is 1.32. The minimum absolute atomic E-state index is 0.0641. The second kappa shape index (κ2) is 7.44. The summed E-state index contributed by atoms with van der Waals surface area (Å²) < 4.78 is 0.814. The van der Waals surface area contributed by atoms with E-state index in [-0.39, 0.29) is 16.7 Å². The number of anilines is 1. The molecule has 6 nitrogen and oxygen atoms in total. The van der Waals surface area contributed by atoms with Gasteiger partial charge in [-0.05, 0) is 25.8 Å². The smallest absolute Gasteiger partial charge is 0.249 e. The first-order valence-corrected chi connectivity index (χ1v) is 11.5. The molecular weight excluding hydrogens is 400 g/mol. The van der Waals surface area contributed by atoms with E-state index in [1.54, 1.807) is 28.4 Å². The molecule has 2 amide bonds. The average Bonchev–Trinajstić information content (AvgIpc) is 3.31. The number of aryl methyl sites for hydroxylation is 1. The van der Waals surface area contributed by atoms with Gasteiger partial charge in [-0.1, -0.05) is 52.9 Å². The van der Waals surface area contributed by atoms with Crippen LogP contribution < -0.4 is 5.32 Å². The maximum absolute atomic E-state index is 12.7. The SMILES string of the molecule is Cc1ccc(CSc2nnc(NC(=O)C3CSC4(C)CCC(=O)N34)s2)cc1. The van der Waals surface area contributed by atoms with Gasteiger partial charge in [0.25, 0.3) is 0 Å². The van der Waals surface area contributed by atoms with Crippen molar-refractivity contribution in [2.24, 2.45) is 0 Å². The van der Waals surface area contributed by atoms with Crippen molar-refractivity contribution in [2.45, 2.75) is 47.7 Å². The number of carbonyl (C=O) groups is 2. The molecule has 2 aliphatic rings. The summed E-state index contributed by atoms with van der Waals surface area (Å²) in [6.45, 7) is 4.11. The Morgan fingerprint density at radius 3 is 2.93 bits per heavy atom. The van der Waals surface area contributed by atoms with Crippen molar-refractivity contribution in [2.75, 3.05) is 11.1 Å². The average molecular weight is 421 g/mol. The van der Waals surface area contributed by atoms with Crippen LogP contribution in [0.5, 0.6) is 0 Å². The van der Waals surface area contributed by atoms with Crippen molar-refractivity contribution in [1.29, 1.82) is 0 Å². The van der Waals surface area contributed by atoms with E-state index in [4.69, 9.17) is 0 Å². The maximum Gasteiger partial charge on any atom is 0.249 e. The summed E-state index contributed by atoms with van der Waals surface area (Å²) >= 11 is 4.65. The van der Waals surface area contributed by atoms with Crippen LogP contribution in [0.15, 0.2) is 28.6 Å². The molecule has 0 spiro atoms. The zero-order valence-electron chi connectivity index (χ0n) is 15.1. The quantitative estimate of drug-likeness (QED) is 0.589. The van der Waals surface area contributed by atoms with E-state index in [1.165, 1.54) is 22.5 Å². The molecule has 2 saturated heterocycles. The number of aromatic nitrogens is 2. The minimum Gasteiger partial charge on any atom is -0.315 e. The highest BCUT2D eigenvalue weighted by atomic mass is 32.2. The zero-order chi connectivity index (χ0) is 19.0. The van der Waals surface area contributed by atoms with Gasteiger partial charge in [-0.2, -0.15) is 0 Å². The Labute approximate surface area is 170 Å². The Morgan fingerprint density at radius 1 is 1.37 bits per heavy atom. The lowest BCUT2D eigenvalue weighted by atomic mass is 10.2. The maximum atomic E-state index is 12.7. The van der Waals surface area contributed by atoms with Crippen LogP contribution in [0.25, 0.3) is 0 Å². The molecule has 1 N–H and O–H groups in total. The van der Waals surface area contributed by atoms with Gasteiger partial charge >= 0.3 is 0 Å². The number of hydrogen-bond donors (Lipinski definition) is 1. The van der Waals surface area contributed by atoms with Crippen LogP contribution in [0.1, 0.15) is 30.9 Å². The Kier molecular flexibility index (Phi) is 5.17. The third-order valence-corrected chi connectivity index (χ3v) is 8.42. The molecule has 3 heterocycles. The van der Waals surface area contributed by atoms with Crippen molar-refractivity contribution >= 4 is 51.8 Å². The zero-order valence-corrected chi connectivity index (χ0v) is 17.5. The highest BCUT2D eigenvalue weighted by Gasteiger charge is 2.52.